The molecule has 1 saturated heterocycles. The molecule has 9 nitrogen and oxygen atoms in total. The number of carbonyl (C=O) groups excluding carboxylic acids is 1. The summed E-state index contributed by atoms with van der Waals surface area (Å²) in [4.78, 5) is 16.9. The summed E-state index contributed by atoms with van der Waals surface area (Å²) < 4.78 is 29.6. The van der Waals surface area contributed by atoms with Gasteiger partial charge in [-0.05, 0) is 53.3 Å². The van der Waals surface area contributed by atoms with E-state index in [0.29, 0.717) is 19.5 Å². The predicted octanol–water partition coefficient (Wildman–Crippen LogP) is 3.92. The topological polar surface area (TPSA) is 119 Å². The van der Waals surface area contributed by atoms with Crippen molar-refractivity contribution >= 4 is 21.3 Å². The number of amides is 1. The van der Waals surface area contributed by atoms with Gasteiger partial charge in [0.15, 0.2) is 9.84 Å². The third kappa shape index (κ3) is 8.19. The first-order valence-corrected chi connectivity index (χ1v) is 17.3. The van der Waals surface area contributed by atoms with Crippen molar-refractivity contribution in [3.8, 4) is 16.9 Å². The number of hydrogen-bond acceptors (Lipinski definition) is 8. The Morgan fingerprint density at radius 3 is 2.18 bits per heavy atom. The van der Waals surface area contributed by atoms with Crippen LogP contribution in [0.15, 0.2) is 78.9 Å². The summed E-state index contributed by atoms with van der Waals surface area (Å²) in [5, 5.41) is 23.7. The normalized spacial score (nSPS) is 18.5. The number of aliphatic hydroxyl groups is 1. The number of morpholine rings is 1. The Labute approximate surface area is 266 Å². The molecule has 0 spiro atoms. The Hall–Kier alpha value is -3.54. The largest absolute Gasteiger partial charge is 0.507 e. The zero-order valence-corrected chi connectivity index (χ0v) is 26.8. The molecule has 0 radical (unpaired) electrons. The Morgan fingerprint density at radius 1 is 0.956 bits per heavy atom. The zero-order chi connectivity index (χ0) is 32.0. The van der Waals surface area contributed by atoms with Gasteiger partial charge >= 0.3 is 0 Å². The highest BCUT2D eigenvalue weighted by molar-refractivity contribution is 7.92. The molecule has 2 heterocycles. The van der Waals surface area contributed by atoms with E-state index >= 15 is 0 Å². The molecule has 2 unspecified atom stereocenters. The van der Waals surface area contributed by atoms with Crippen LogP contribution in [0.25, 0.3) is 16.7 Å². The lowest BCUT2D eigenvalue weighted by Gasteiger charge is -2.36. The number of rotatable bonds is 11. The van der Waals surface area contributed by atoms with E-state index in [1.54, 1.807) is 12.1 Å². The highest BCUT2D eigenvalue weighted by atomic mass is 32.2. The molecule has 1 amide bonds. The van der Waals surface area contributed by atoms with E-state index in [1.807, 2.05) is 4.90 Å². The van der Waals surface area contributed by atoms with Crippen molar-refractivity contribution in [2.45, 2.75) is 37.3 Å². The molecular formula is C35H43N3O6S. The van der Waals surface area contributed by atoms with E-state index in [2.05, 4.69) is 64.8 Å². The van der Waals surface area contributed by atoms with Gasteiger partial charge in [-0.15, -0.1) is 0 Å². The van der Waals surface area contributed by atoms with Crippen molar-refractivity contribution in [3.63, 3.8) is 0 Å². The summed E-state index contributed by atoms with van der Waals surface area (Å²) in [6, 6.07) is 23.3. The van der Waals surface area contributed by atoms with Gasteiger partial charge in [-0.25, -0.2) is 8.42 Å². The summed E-state index contributed by atoms with van der Waals surface area (Å²) >= 11 is 0. The van der Waals surface area contributed by atoms with E-state index in [0.717, 1.165) is 50.2 Å². The van der Waals surface area contributed by atoms with Crippen molar-refractivity contribution in [1.82, 2.24) is 15.1 Å². The number of benzene rings is 3. The van der Waals surface area contributed by atoms with Crippen LogP contribution in [0.4, 0.5) is 0 Å². The molecule has 2 aliphatic rings. The first-order chi connectivity index (χ1) is 21.5. The monoisotopic (exact) mass is 633 g/mol. The molecule has 10 heteroatoms. The number of ether oxygens (including phenoxy) is 1. The van der Waals surface area contributed by atoms with Gasteiger partial charge in [0.05, 0.1) is 23.5 Å². The maximum Gasteiger partial charge on any atom is 0.255 e. The van der Waals surface area contributed by atoms with Gasteiger partial charge in [-0.2, -0.15) is 0 Å². The average molecular weight is 634 g/mol. The Kier molecular flexibility index (Phi) is 10.4. The number of para-hydroxylation sites is 1. The van der Waals surface area contributed by atoms with Crippen molar-refractivity contribution in [1.29, 1.82) is 0 Å². The first-order valence-electron chi connectivity index (χ1n) is 15.4. The molecule has 1 fully saturated rings. The Bertz CT molecular complexity index is 1600. The smallest absolute Gasteiger partial charge is 0.255 e. The summed E-state index contributed by atoms with van der Waals surface area (Å²) in [6.45, 7) is 6.85. The summed E-state index contributed by atoms with van der Waals surface area (Å²) in [6.07, 6.45) is 2.82. The van der Waals surface area contributed by atoms with Crippen LogP contribution in [0, 0.1) is 0 Å². The highest BCUT2D eigenvalue weighted by Crippen LogP contribution is 2.29. The molecule has 45 heavy (non-hydrogen) atoms. The van der Waals surface area contributed by atoms with E-state index in [4.69, 9.17) is 4.74 Å². The number of hydrogen-bond donors (Lipinski definition) is 3. The van der Waals surface area contributed by atoms with Crippen LogP contribution in [0.1, 0.15) is 41.3 Å². The lowest BCUT2D eigenvalue weighted by atomic mass is 9.95. The first kappa shape index (κ1) is 32.8. The van der Waals surface area contributed by atoms with Crippen LogP contribution >= 0.6 is 0 Å². The number of phenolic OH excluding ortho intramolecular Hbond substituents is 1. The Morgan fingerprint density at radius 2 is 1.58 bits per heavy atom. The van der Waals surface area contributed by atoms with Crippen LogP contribution in [-0.4, -0.2) is 97.5 Å². The lowest BCUT2D eigenvalue weighted by molar-refractivity contribution is -0.00246. The van der Waals surface area contributed by atoms with Crippen LogP contribution in [0.5, 0.6) is 5.75 Å². The molecular weight excluding hydrogens is 590 g/mol. The van der Waals surface area contributed by atoms with Crippen LogP contribution in [0.2, 0.25) is 0 Å². The average Bonchev–Trinajstić information content (AvgIpc) is 3.04. The molecule has 0 bridgehead atoms. The fourth-order valence-corrected chi connectivity index (χ4v) is 6.60. The second-order valence-corrected chi connectivity index (χ2v) is 14.8. The quantitative estimate of drug-likeness (QED) is 0.291. The number of sulfone groups is 1. The molecule has 2 aliphatic heterocycles. The second-order valence-electron chi connectivity index (χ2n) is 12.2. The van der Waals surface area contributed by atoms with Crippen molar-refractivity contribution < 1.29 is 28.2 Å². The van der Waals surface area contributed by atoms with Crippen LogP contribution < -0.4 is 5.32 Å². The predicted molar refractivity (Wildman–Crippen MR) is 176 cm³/mol. The lowest BCUT2D eigenvalue weighted by Crippen LogP contribution is -2.51. The van der Waals surface area contributed by atoms with E-state index in [-0.39, 0.29) is 24.3 Å². The van der Waals surface area contributed by atoms with Gasteiger partial charge in [0.25, 0.3) is 5.91 Å². The number of aliphatic hydroxyl groups excluding tert-OH is 1. The van der Waals surface area contributed by atoms with Gasteiger partial charge in [0, 0.05) is 51.9 Å². The number of nitrogens with zero attached hydrogens (tertiary/aromatic N) is 2. The SMILES string of the molecule is CC(CNC(=O)c1ccccc1O)(CC(O)N1CC=C(c2ccc(-c3ccc(CN4CCOCC4)cc3)cc2)CC1)S(C)(=O)=O. The molecule has 2 atom stereocenters. The van der Waals surface area contributed by atoms with E-state index < -0.39 is 26.7 Å². The van der Waals surface area contributed by atoms with E-state index in [1.165, 1.54) is 35.8 Å². The summed E-state index contributed by atoms with van der Waals surface area (Å²) in [5.41, 5.74) is 6.00. The summed E-state index contributed by atoms with van der Waals surface area (Å²) in [5.74, 6) is -0.759. The maximum atomic E-state index is 12.8. The molecule has 240 valence electrons. The maximum absolute atomic E-state index is 12.8. The third-order valence-corrected chi connectivity index (χ3v) is 11.1. The molecule has 3 N–H and O–H groups in total. The summed E-state index contributed by atoms with van der Waals surface area (Å²) in [7, 11) is -3.66. The van der Waals surface area contributed by atoms with Crippen LogP contribution in [0.3, 0.4) is 0 Å². The molecule has 0 aromatic heterocycles. The van der Waals surface area contributed by atoms with Crippen molar-refractivity contribution in [3.05, 3.63) is 95.6 Å². The number of carbonyl (C=O) groups is 1. The van der Waals surface area contributed by atoms with Crippen molar-refractivity contribution in [2.24, 2.45) is 0 Å². The zero-order valence-electron chi connectivity index (χ0n) is 26.0. The fraction of sp³-hybridized carbons (Fsp3) is 0.400. The third-order valence-electron chi connectivity index (χ3n) is 9.00. The van der Waals surface area contributed by atoms with Crippen molar-refractivity contribution in [2.75, 3.05) is 52.2 Å². The molecule has 0 saturated carbocycles. The standard InChI is InChI=1S/C35H43N3O6S/c1-35(45(2,42)43,25-36-34(41)31-5-3-4-6-32(31)39)23-33(40)38-17-15-30(16-18-38)29-13-11-28(12-14-29)27-9-7-26(8-10-27)24-37-19-21-44-22-20-37/h3-15,33,39-40H,16-25H2,1-2H3,(H,36,41). The fourth-order valence-electron chi connectivity index (χ4n) is 5.81. The molecule has 5 rings (SSSR count). The molecule has 3 aromatic carbocycles. The minimum absolute atomic E-state index is 0.0630. The number of aromatic hydroxyl groups is 1. The molecule has 0 aliphatic carbocycles. The minimum Gasteiger partial charge on any atom is -0.507 e. The van der Waals surface area contributed by atoms with Gasteiger partial charge < -0.3 is 20.3 Å². The number of nitrogens with one attached hydrogen (secondary N) is 1. The van der Waals surface area contributed by atoms with Gasteiger partial charge in [-0.3, -0.25) is 14.6 Å². The Balaban J connectivity index is 1.17. The van der Waals surface area contributed by atoms with Crippen LogP contribution in [-0.2, 0) is 21.1 Å². The minimum atomic E-state index is -3.66. The van der Waals surface area contributed by atoms with Gasteiger partial charge in [0.2, 0.25) is 0 Å². The second kappa shape index (κ2) is 14.3. The van der Waals surface area contributed by atoms with E-state index in [9.17, 15) is 23.4 Å². The van der Waals surface area contributed by atoms with Gasteiger partial charge in [0.1, 0.15) is 12.0 Å². The highest BCUT2D eigenvalue weighted by Gasteiger charge is 2.40. The molecule has 3 aromatic rings. The van der Waals surface area contributed by atoms with Gasteiger partial charge in [-0.1, -0.05) is 66.7 Å². The number of phenols is 1.